The van der Waals surface area contributed by atoms with Crippen LogP contribution in [0, 0.1) is 0 Å². The highest BCUT2D eigenvalue weighted by atomic mass is 16.6. The van der Waals surface area contributed by atoms with E-state index in [2.05, 4.69) is 0 Å². The van der Waals surface area contributed by atoms with Crippen LogP contribution in [-0.4, -0.2) is 56.2 Å². The Hall–Kier alpha value is -3.39. The Labute approximate surface area is 187 Å². The number of hydrogen-bond acceptors (Lipinski definition) is 6. The van der Waals surface area contributed by atoms with Crippen molar-refractivity contribution in [1.29, 1.82) is 0 Å². The van der Waals surface area contributed by atoms with Gasteiger partial charge in [-0.25, -0.2) is 4.79 Å². The second-order valence-electron chi connectivity index (χ2n) is 7.30. The average molecular weight is 440 g/mol. The topological polar surface area (TPSA) is 85.4 Å². The van der Waals surface area contributed by atoms with Crippen molar-refractivity contribution in [2.45, 2.75) is 26.1 Å². The standard InChI is InChI=1S/C24H28N2O6/c1-3-31-23(28)16-26-20-12-8-7-11-19(20)21(30-2)15-25(14-13-22(26)27)24(29)32-17-18-9-5-4-6-10-18/h4-12,21H,3,13-17H2,1-2H3. The second kappa shape index (κ2) is 11.3. The molecule has 0 saturated heterocycles. The lowest BCUT2D eigenvalue weighted by molar-refractivity contribution is -0.142. The van der Waals surface area contributed by atoms with Gasteiger partial charge < -0.3 is 24.0 Å². The number of para-hydroxylation sites is 1. The van der Waals surface area contributed by atoms with Gasteiger partial charge in [-0.15, -0.1) is 0 Å². The molecule has 2 aromatic carbocycles. The molecule has 1 aliphatic rings. The minimum atomic E-state index is -0.528. The van der Waals surface area contributed by atoms with Gasteiger partial charge in [-0.1, -0.05) is 48.5 Å². The molecule has 2 amide bonds. The summed E-state index contributed by atoms with van der Waals surface area (Å²) >= 11 is 0. The summed E-state index contributed by atoms with van der Waals surface area (Å²) in [5.41, 5.74) is 2.14. The smallest absolute Gasteiger partial charge is 0.410 e. The molecule has 0 radical (unpaired) electrons. The van der Waals surface area contributed by atoms with Crippen molar-refractivity contribution in [3.8, 4) is 0 Å². The number of amides is 2. The SMILES string of the molecule is CCOC(=O)CN1C(=O)CCN(C(=O)OCc2ccccc2)CC(OC)c2ccccc21. The Morgan fingerprint density at radius 1 is 1.03 bits per heavy atom. The zero-order chi connectivity index (χ0) is 22.9. The molecule has 0 aromatic heterocycles. The van der Waals surface area contributed by atoms with Gasteiger partial charge in [0.15, 0.2) is 0 Å². The van der Waals surface area contributed by atoms with Gasteiger partial charge in [-0.3, -0.25) is 9.59 Å². The van der Waals surface area contributed by atoms with Gasteiger partial charge in [0.2, 0.25) is 5.91 Å². The summed E-state index contributed by atoms with van der Waals surface area (Å²) in [6, 6.07) is 16.6. The van der Waals surface area contributed by atoms with E-state index in [1.165, 1.54) is 9.80 Å². The zero-order valence-electron chi connectivity index (χ0n) is 18.4. The number of carbonyl (C=O) groups excluding carboxylic acids is 3. The van der Waals surface area contributed by atoms with Crippen LogP contribution in [0.4, 0.5) is 10.5 Å². The van der Waals surface area contributed by atoms with Gasteiger partial charge in [0, 0.05) is 25.6 Å². The van der Waals surface area contributed by atoms with Crippen LogP contribution in [0.25, 0.3) is 0 Å². The maximum absolute atomic E-state index is 13.1. The maximum Gasteiger partial charge on any atom is 0.410 e. The molecular formula is C24H28N2O6. The highest BCUT2D eigenvalue weighted by molar-refractivity contribution is 5.98. The van der Waals surface area contributed by atoms with Crippen LogP contribution >= 0.6 is 0 Å². The molecule has 3 rings (SSSR count). The molecule has 2 aromatic rings. The summed E-state index contributed by atoms with van der Waals surface area (Å²) in [5, 5.41) is 0. The van der Waals surface area contributed by atoms with Crippen molar-refractivity contribution in [2.24, 2.45) is 0 Å². The number of anilines is 1. The van der Waals surface area contributed by atoms with Gasteiger partial charge in [-0.2, -0.15) is 0 Å². The van der Waals surface area contributed by atoms with E-state index in [4.69, 9.17) is 14.2 Å². The third kappa shape index (κ3) is 5.85. The predicted octanol–water partition coefficient (Wildman–Crippen LogP) is 3.31. The lowest BCUT2D eigenvalue weighted by atomic mass is 10.1. The summed E-state index contributed by atoms with van der Waals surface area (Å²) < 4.78 is 16.2. The molecule has 1 unspecified atom stereocenters. The molecule has 0 aliphatic carbocycles. The number of methoxy groups -OCH3 is 1. The van der Waals surface area contributed by atoms with E-state index in [0.717, 1.165) is 5.56 Å². The van der Waals surface area contributed by atoms with Crippen molar-refractivity contribution < 1.29 is 28.6 Å². The summed E-state index contributed by atoms with van der Waals surface area (Å²) in [6.45, 7) is 2.21. The summed E-state index contributed by atoms with van der Waals surface area (Å²) in [4.78, 5) is 40.9. The van der Waals surface area contributed by atoms with Crippen LogP contribution < -0.4 is 4.90 Å². The number of esters is 1. The van der Waals surface area contributed by atoms with Crippen molar-refractivity contribution in [1.82, 2.24) is 4.90 Å². The molecule has 170 valence electrons. The van der Waals surface area contributed by atoms with E-state index in [1.54, 1.807) is 26.2 Å². The monoisotopic (exact) mass is 440 g/mol. The second-order valence-corrected chi connectivity index (χ2v) is 7.30. The maximum atomic E-state index is 13.1. The largest absolute Gasteiger partial charge is 0.465 e. The minimum Gasteiger partial charge on any atom is -0.465 e. The molecule has 0 spiro atoms. The first kappa shape index (κ1) is 23.3. The predicted molar refractivity (Wildman–Crippen MR) is 118 cm³/mol. The van der Waals surface area contributed by atoms with Gasteiger partial charge in [0.1, 0.15) is 19.3 Å². The zero-order valence-corrected chi connectivity index (χ0v) is 18.4. The molecule has 0 N–H and O–H groups in total. The molecule has 1 atom stereocenters. The van der Waals surface area contributed by atoms with Crippen molar-refractivity contribution in [3.05, 3.63) is 65.7 Å². The Bertz CT molecular complexity index is 933. The number of benzene rings is 2. The number of ether oxygens (including phenoxy) is 3. The Morgan fingerprint density at radius 2 is 1.75 bits per heavy atom. The molecule has 1 aliphatic heterocycles. The van der Waals surface area contributed by atoms with E-state index < -0.39 is 18.2 Å². The van der Waals surface area contributed by atoms with Crippen molar-refractivity contribution in [2.75, 3.05) is 38.3 Å². The third-order valence-electron chi connectivity index (χ3n) is 5.20. The fraction of sp³-hybridized carbons (Fsp3) is 0.375. The van der Waals surface area contributed by atoms with Crippen LogP contribution in [0.15, 0.2) is 54.6 Å². The Kier molecular flexibility index (Phi) is 8.21. The van der Waals surface area contributed by atoms with Gasteiger partial charge in [-0.05, 0) is 18.6 Å². The van der Waals surface area contributed by atoms with Gasteiger partial charge in [0.25, 0.3) is 0 Å². The Morgan fingerprint density at radius 3 is 2.47 bits per heavy atom. The highest BCUT2D eigenvalue weighted by Crippen LogP contribution is 2.31. The quantitative estimate of drug-likeness (QED) is 0.641. The van der Waals surface area contributed by atoms with Crippen LogP contribution in [0.3, 0.4) is 0 Å². The van der Waals surface area contributed by atoms with Crippen LogP contribution in [0.1, 0.15) is 30.6 Å². The molecular weight excluding hydrogens is 412 g/mol. The molecule has 0 saturated carbocycles. The molecule has 0 bridgehead atoms. The third-order valence-corrected chi connectivity index (χ3v) is 5.20. The lowest BCUT2D eigenvalue weighted by Gasteiger charge is -2.27. The molecule has 32 heavy (non-hydrogen) atoms. The summed E-state index contributed by atoms with van der Waals surface area (Å²) in [7, 11) is 1.55. The van der Waals surface area contributed by atoms with E-state index in [0.29, 0.717) is 11.3 Å². The average Bonchev–Trinajstić information content (AvgIpc) is 2.86. The van der Waals surface area contributed by atoms with Crippen LogP contribution in [0.5, 0.6) is 0 Å². The number of hydrogen-bond donors (Lipinski definition) is 0. The van der Waals surface area contributed by atoms with Crippen LogP contribution in [0.2, 0.25) is 0 Å². The first-order valence-electron chi connectivity index (χ1n) is 10.6. The van der Waals surface area contributed by atoms with E-state index >= 15 is 0 Å². The van der Waals surface area contributed by atoms with E-state index in [9.17, 15) is 14.4 Å². The fourth-order valence-electron chi connectivity index (χ4n) is 3.58. The van der Waals surface area contributed by atoms with Gasteiger partial charge in [0.05, 0.1) is 18.8 Å². The molecule has 8 heteroatoms. The van der Waals surface area contributed by atoms with E-state index in [-0.39, 0.29) is 45.2 Å². The van der Waals surface area contributed by atoms with Crippen molar-refractivity contribution in [3.63, 3.8) is 0 Å². The molecule has 1 heterocycles. The fourth-order valence-corrected chi connectivity index (χ4v) is 3.58. The first-order valence-corrected chi connectivity index (χ1v) is 10.6. The van der Waals surface area contributed by atoms with Gasteiger partial charge >= 0.3 is 12.1 Å². The lowest BCUT2D eigenvalue weighted by Crippen LogP contribution is -2.39. The van der Waals surface area contributed by atoms with E-state index in [1.807, 2.05) is 42.5 Å². The minimum absolute atomic E-state index is 0.0324. The number of fused-ring (bicyclic) bond motifs is 1. The summed E-state index contributed by atoms with van der Waals surface area (Å²) in [6.07, 6.45) is -1.00. The first-order chi connectivity index (χ1) is 15.5. The normalized spacial score (nSPS) is 16.4. The number of nitrogens with zero attached hydrogens (tertiary/aromatic N) is 2. The van der Waals surface area contributed by atoms with Crippen LogP contribution in [-0.2, 0) is 30.4 Å². The molecule has 0 fully saturated rings. The summed E-state index contributed by atoms with van der Waals surface area (Å²) in [5.74, 6) is -0.786. The number of carbonyl (C=O) groups is 3. The van der Waals surface area contributed by atoms with Crippen molar-refractivity contribution >= 4 is 23.7 Å². The number of rotatable bonds is 6. The highest BCUT2D eigenvalue weighted by Gasteiger charge is 2.31. The molecule has 8 nitrogen and oxygen atoms in total. The Balaban J connectivity index is 1.83.